The van der Waals surface area contributed by atoms with Gasteiger partial charge in [0.1, 0.15) is 5.82 Å². The third kappa shape index (κ3) is 4.91. The van der Waals surface area contributed by atoms with E-state index in [0.29, 0.717) is 28.2 Å². The molecule has 4 rings (SSSR count). The maximum absolute atomic E-state index is 12.7. The first kappa shape index (κ1) is 22.6. The van der Waals surface area contributed by atoms with Crippen LogP contribution in [0.3, 0.4) is 0 Å². The van der Waals surface area contributed by atoms with E-state index < -0.39 is 0 Å². The third-order valence-corrected chi connectivity index (χ3v) is 6.35. The van der Waals surface area contributed by atoms with Crippen LogP contribution in [0.1, 0.15) is 11.3 Å². The zero-order valence-corrected chi connectivity index (χ0v) is 20.1. The van der Waals surface area contributed by atoms with E-state index in [2.05, 4.69) is 15.4 Å². The molecule has 8 nitrogen and oxygen atoms in total. The van der Waals surface area contributed by atoms with Crippen molar-refractivity contribution in [1.82, 2.24) is 14.8 Å². The molecule has 0 spiro atoms. The van der Waals surface area contributed by atoms with E-state index in [1.807, 2.05) is 29.8 Å². The summed E-state index contributed by atoms with van der Waals surface area (Å²) in [5.41, 5.74) is 2.38. The highest BCUT2D eigenvalue weighted by Crippen LogP contribution is 2.38. The monoisotopic (exact) mass is 482 g/mol. The van der Waals surface area contributed by atoms with Crippen LogP contribution in [-0.2, 0) is 4.79 Å². The molecule has 170 valence electrons. The Morgan fingerprint density at radius 3 is 2.48 bits per heavy atom. The van der Waals surface area contributed by atoms with Crippen LogP contribution >= 0.6 is 22.7 Å². The molecule has 0 fully saturated rings. The molecule has 0 bridgehead atoms. The molecule has 0 radical (unpaired) electrons. The summed E-state index contributed by atoms with van der Waals surface area (Å²) in [5.74, 6) is 1.75. The first-order chi connectivity index (χ1) is 16.0. The van der Waals surface area contributed by atoms with E-state index in [1.165, 1.54) is 17.4 Å². The Morgan fingerprint density at radius 2 is 1.85 bits per heavy atom. The highest BCUT2D eigenvalue weighted by atomic mass is 32.1. The lowest BCUT2D eigenvalue weighted by Crippen LogP contribution is -2.12. The number of carbonyl (C=O) groups excluding carboxylic acids is 1. The van der Waals surface area contributed by atoms with Crippen molar-refractivity contribution in [1.29, 1.82) is 0 Å². The van der Waals surface area contributed by atoms with Crippen molar-refractivity contribution >= 4 is 40.5 Å². The highest BCUT2D eigenvalue weighted by Gasteiger charge is 2.15. The number of anilines is 1. The number of aryl methyl sites for hydroxylation is 1. The first-order valence-corrected chi connectivity index (χ1v) is 11.6. The Hall–Kier alpha value is -3.63. The lowest BCUT2D eigenvalue weighted by Gasteiger charge is -2.12. The highest BCUT2D eigenvalue weighted by molar-refractivity contribution is 7.15. The van der Waals surface area contributed by atoms with Crippen LogP contribution in [0, 0.1) is 6.92 Å². The quantitative estimate of drug-likeness (QED) is 0.354. The molecule has 4 aromatic rings. The number of ether oxygens (including phenoxy) is 3. The van der Waals surface area contributed by atoms with Gasteiger partial charge < -0.3 is 19.5 Å². The van der Waals surface area contributed by atoms with Crippen molar-refractivity contribution in [3.63, 3.8) is 0 Å². The Bertz CT molecular complexity index is 1270. The van der Waals surface area contributed by atoms with Gasteiger partial charge in [-0.1, -0.05) is 6.07 Å². The molecular weight excluding hydrogens is 460 g/mol. The van der Waals surface area contributed by atoms with Gasteiger partial charge in [0.15, 0.2) is 11.5 Å². The van der Waals surface area contributed by atoms with Gasteiger partial charge in [0.25, 0.3) is 0 Å². The van der Waals surface area contributed by atoms with Crippen LogP contribution in [0.25, 0.3) is 21.8 Å². The predicted octanol–water partition coefficient (Wildman–Crippen LogP) is 5.04. The molecule has 0 aliphatic heterocycles. The standard InChI is InChI=1S/C23H22N4O4S2/c1-14-10-20(27(26-14)23-24-16(13-33-23)19-6-5-9-32-19)25-21(28)8-7-15-11-17(29-2)22(31-4)18(12-15)30-3/h5-13H,1-4H3,(H,25,28)/b8-7+. The Balaban J connectivity index is 1.54. The van der Waals surface area contributed by atoms with Gasteiger partial charge in [-0.15, -0.1) is 22.7 Å². The van der Waals surface area contributed by atoms with Gasteiger partial charge in [0.05, 0.1) is 37.6 Å². The summed E-state index contributed by atoms with van der Waals surface area (Å²) in [6, 6.07) is 9.34. The second kappa shape index (κ2) is 9.88. The minimum Gasteiger partial charge on any atom is -0.493 e. The molecule has 1 N–H and O–H groups in total. The number of benzene rings is 1. The number of thiazole rings is 1. The number of thiophene rings is 1. The fraction of sp³-hybridized carbons (Fsp3) is 0.174. The molecule has 1 aromatic carbocycles. The fourth-order valence-corrected chi connectivity index (χ4v) is 4.72. The lowest BCUT2D eigenvalue weighted by molar-refractivity contribution is -0.111. The van der Waals surface area contributed by atoms with Crippen molar-refractivity contribution < 1.29 is 19.0 Å². The van der Waals surface area contributed by atoms with E-state index in [1.54, 1.807) is 61.6 Å². The molecule has 0 unspecified atom stereocenters. The molecular formula is C23H22N4O4S2. The largest absolute Gasteiger partial charge is 0.493 e. The van der Waals surface area contributed by atoms with Gasteiger partial charge in [-0.25, -0.2) is 4.98 Å². The molecule has 1 amide bonds. The van der Waals surface area contributed by atoms with Crippen molar-refractivity contribution in [2.75, 3.05) is 26.6 Å². The summed E-state index contributed by atoms with van der Waals surface area (Å²) < 4.78 is 17.7. The molecule has 33 heavy (non-hydrogen) atoms. The fourth-order valence-electron chi connectivity index (χ4n) is 3.17. The second-order valence-corrected chi connectivity index (χ2v) is 8.64. The van der Waals surface area contributed by atoms with Gasteiger partial charge in [-0.2, -0.15) is 9.78 Å². The zero-order valence-electron chi connectivity index (χ0n) is 18.5. The molecule has 3 heterocycles. The first-order valence-electron chi connectivity index (χ1n) is 9.88. The Kier molecular flexibility index (Phi) is 6.76. The van der Waals surface area contributed by atoms with Crippen molar-refractivity contribution in [2.24, 2.45) is 0 Å². The number of nitrogens with one attached hydrogen (secondary N) is 1. The second-order valence-electron chi connectivity index (χ2n) is 6.86. The van der Waals surface area contributed by atoms with Crippen LogP contribution < -0.4 is 19.5 Å². The summed E-state index contributed by atoms with van der Waals surface area (Å²) >= 11 is 3.09. The summed E-state index contributed by atoms with van der Waals surface area (Å²) in [5, 5.41) is 12.0. The van der Waals surface area contributed by atoms with E-state index in [4.69, 9.17) is 14.2 Å². The molecule has 0 aliphatic rings. The van der Waals surface area contributed by atoms with Gasteiger partial charge in [-0.3, -0.25) is 4.79 Å². The number of methoxy groups -OCH3 is 3. The van der Waals surface area contributed by atoms with Gasteiger partial charge in [-0.05, 0) is 42.1 Å². The van der Waals surface area contributed by atoms with E-state index in [-0.39, 0.29) is 5.91 Å². The molecule has 0 saturated heterocycles. The molecule has 0 aliphatic carbocycles. The van der Waals surface area contributed by atoms with Crippen molar-refractivity contribution in [2.45, 2.75) is 6.92 Å². The number of nitrogens with zero attached hydrogens (tertiary/aromatic N) is 3. The number of amides is 1. The van der Waals surface area contributed by atoms with E-state index in [9.17, 15) is 4.79 Å². The average molecular weight is 483 g/mol. The maximum Gasteiger partial charge on any atom is 0.249 e. The number of rotatable bonds is 8. The number of aromatic nitrogens is 3. The normalized spacial score (nSPS) is 11.0. The van der Waals surface area contributed by atoms with Crippen molar-refractivity contribution in [3.05, 3.63) is 58.4 Å². The predicted molar refractivity (Wildman–Crippen MR) is 131 cm³/mol. The van der Waals surface area contributed by atoms with Crippen LogP contribution in [0.4, 0.5) is 5.82 Å². The number of hydrogen-bond donors (Lipinski definition) is 1. The lowest BCUT2D eigenvalue weighted by atomic mass is 10.1. The van der Waals surface area contributed by atoms with Crippen LogP contribution in [-0.4, -0.2) is 42.0 Å². The Labute approximate surface area is 199 Å². The van der Waals surface area contributed by atoms with Gasteiger partial charge in [0, 0.05) is 17.5 Å². The van der Waals surface area contributed by atoms with Crippen LogP contribution in [0.15, 0.2) is 47.2 Å². The van der Waals surface area contributed by atoms with Gasteiger partial charge in [0.2, 0.25) is 16.8 Å². The summed E-state index contributed by atoms with van der Waals surface area (Å²) in [4.78, 5) is 18.4. The molecule has 0 atom stereocenters. The zero-order chi connectivity index (χ0) is 23.4. The minimum atomic E-state index is -0.306. The topological polar surface area (TPSA) is 87.5 Å². The van der Waals surface area contributed by atoms with Crippen LogP contribution in [0.2, 0.25) is 0 Å². The number of carbonyl (C=O) groups is 1. The third-order valence-electron chi connectivity index (χ3n) is 4.64. The molecule has 3 aromatic heterocycles. The summed E-state index contributed by atoms with van der Waals surface area (Å²) in [7, 11) is 4.63. The van der Waals surface area contributed by atoms with Crippen LogP contribution in [0.5, 0.6) is 17.2 Å². The summed E-state index contributed by atoms with van der Waals surface area (Å²) in [6.07, 6.45) is 3.11. The average Bonchev–Trinajstić information content (AvgIpc) is 3.57. The maximum atomic E-state index is 12.7. The van der Waals surface area contributed by atoms with Gasteiger partial charge >= 0.3 is 0 Å². The molecule has 0 saturated carbocycles. The minimum absolute atomic E-state index is 0.306. The van der Waals surface area contributed by atoms with Crippen molar-refractivity contribution in [3.8, 4) is 33.0 Å². The molecule has 10 heteroatoms. The van der Waals surface area contributed by atoms with E-state index in [0.717, 1.165) is 21.8 Å². The summed E-state index contributed by atoms with van der Waals surface area (Å²) in [6.45, 7) is 1.87. The smallest absolute Gasteiger partial charge is 0.249 e. The number of hydrogen-bond acceptors (Lipinski definition) is 8. The Morgan fingerprint density at radius 1 is 1.09 bits per heavy atom. The van der Waals surface area contributed by atoms with E-state index >= 15 is 0 Å². The SMILES string of the molecule is COc1cc(/C=C/C(=O)Nc2cc(C)nn2-c2nc(-c3cccs3)cs2)cc(OC)c1OC.